The van der Waals surface area contributed by atoms with Gasteiger partial charge in [0.25, 0.3) is 0 Å². The van der Waals surface area contributed by atoms with Crippen LogP contribution in [0, 0.1) is 5.92 Å². The molecule has 9 nitrogen and oxygen atoms in total. The molecule has 5 rings (SSSR count). The molecule has 1 aliphatic heterocycles. The van der Waals surface area contributed by atoms with Crippen molar-refractivity contribution in [3.05, 3.63) is 61.1 Å². The summed E-state index contributed by atoms with van der Waals surface area (Å²) in [6, 6.07) is 14.6. The first-order valence-electron chi connectivity index (χ1n) is 11.9. The summed E-state index contributed by atoms with van der Waals surface area (Å²) in [4.78, 5) is 17.3. The molecule has 184 valence electrons. The summed E-state index contributed by atoms with van der Waals surface area (Å²) >= 11 is 5.89. The fourth-order valence-corrected chi connectivity index (χ4v) is 4.78. The number of fused-ring (bicyclic) bond motifs is 1. The fourth-order valence-electron chi connectivity index (χ4n) is 4.44. The highest BCUT2D eigenvalue weighted by molar-refractivity contribution is 7.80. The van der Waals surface area contributed by atoms with E-state index in [2.05, 4.69) is 60.2 Å². The number of piperazine rings is 1. The van der Waals surface area contributed by atoms with Gasteiger partial charge < -0.3 is 19.9 Å². The number of benzene rings is 1. The van der Waals surface area contributed by atoms with E-state index in [4.69, 9.17) is 17.0 Å². The lowest BCUT2D eigenvalue weighted by atomic mass is 10.00. The third-order valence-corrected chi connectivity index (χ3v) is 6.75. The van der Waals surface area contributed by atoms with E-state index in [1.54, 1.807) is 18.6 Å². The van der Waals surface area contributed by atoms with Gasteiger partial charge in [-0.1, -0.05) is 19.9 Å². The highest BCUT2D eigenvalue weighted by atomic mass is 32.1. The Morgan fingerprint density at radius 3 is 2.58 bits per heavy atom. The number of hydrogen-bond donors (Lipinski definition) is 1. The molecule has 1 aliphatic rings. The number of rotatable bonds is 5. The molecule has 1 N–H and O–H groups in total. The number of methoxy groups -OCH3 is 1. The van der Waals surface area contributed by atoms with Crippen molar-refractivity contribution < 1.29 is 4.74 Å². The van der Waals surface area contributed by atoms with Gasteiger partial charge in [-0.3, -0.25) is 4.98 Å². The highest BCUT2D eigenvalue weighted by Gasteiger charge is 2.31. The zero-order valence-corrected chi connectivity index (χ0v) is 21.3. The van der Waals surface area contributed by atoms with Crippen LogP contribution in [0.4, 0.5) is 11.5 Å². The molecule has 3 aromatic heterocycles. The lowest BCUT2D eigenvalue weighted by molar-refractivity contribution is 0.227. The van der Waals surface area contributed by atoms with Gasteiger partial charge in [0.1, 0.15) is 0 Å². The molecular weight excluding hydrogens is 472 g/mol. The molecule has 36 heavy (non-hydrogen) atoms. The van der Waals surface area contributed by atoms with Gasteiger partial charge >= 0.3 is 6.01 Å². The molecule has 0 radical (unpaired) electrons. The first-order valence-corrected chi connectivity index (χ1v) is 12.3. The number of thiocarbonyl (C=S) groups is 1. The van der Waals surface area contributed by atoms with E-state index in [0.29, 0.717) is 11.9 Å². The van der Waals surface area contributed by atoms with E-state index in [0.717, 1.165) is 58.4 Å². The van der Waals surface area contributed by atoms with Crippen molar-refractivity contribution in [1.82, 2.24) is 30.0 Å². The lowest BCUT2D eigenvalue weighted by Gasteiger charge is -2.45. The van der Waals surface area contributed by atoms with E-state index in [9.17, 15) is 0 Å². The number of anilines is 2. The van der Waals surface area contributed by atoms with Gasteiger partial charge in [0.05, 0.1) is 24.4 Å². The number of nitrogens with one attached hydrogen (secondary N) is 1. The molecule has 0 saturated carbocycles. The van der Waals surface area contributed by atoms with Crippen molar-refractivity contribution in [2.24, 2.45) is 5.92 Å². The van der Waals surface area contributed by atoms with Crippen LogP contribution in [-0.4, -0.2) is 67.9 Å². The number of ether oxygens (including phenoxy) is 1. The summed E-state index contributed by atoms with van der Waals surface area (Å²) in [6.45, 7) is 6.83. The molecular formula is C26H28N8OS. The average Bonchev–Trinajstić information content (AvgIpc) is 2.93. The van der Waals surface area contributed by atoms with Crippen LogP contribution >= 0.6 is 12.2 Å². The van der Waals surface area contributed by atoms with E-state index in [1.165, 1.54) is 7.11 Å². The Labute approximate surface area is 215 Å². The van der Waals surface area contributed by atoms with Gasteiger partial charge in [-0.2, -0.15) is 0 Å². The predicted octanol–water partition coefficient (Wildman–Crippen LogP) is 4.03. The van der Waals surface area contributed by atoms with Crippen molar-refractivity contribution in [2.45, 2.75) is 19.9 Å². The van der Waals surface area contributed by atoms with E-state index < -0.39 is 0 Å². The maximum atomic E-state index is 5.89. The number of nitrogens with zero attached hydrogens (tertiary/aromatic N) is 7. The van der Waals surface area contributed by atoms with E-state index >= 15 is 0 Å². The third kappa shape index (κ3) is 4.90. The zero-order valence-electron chi connectivity index (χ0n) is 20.5. The quantitative estimate of drug-likeness (QED) is 0.405. The summed E-state index contributed by atoms with van der Waals surface area (Å²) in [6.07, 6.45) is 5.17. The maximum Gasteiger partial charge on any atom is 0.316 e. The van der Waals surface area contributed by atoms with Crippen LogP contribution in [0.2, 0.25) is 0 Å². The Bertz CT molecular complexity index is 1340. The minimum absolute atomic E-state index is 0.225. The molecule has 0 spiro atoms. The van der Waals surface area contributed by atoms with Gasteiger partial charge in [0, 0.05) is 54.9 Å². The second-order valence-corrected chi connectivity index (χ2v) is 9.38. The smallest absolute Gasteiger partial charge is 0.316 e. The monoisotopic (exact) mass is 500 g/mol. The van der Waals surface area contributed by atoms with Gasteiger partial charge in [-0.25, -0.2) is 9.97 Å². The summed E-state index contributed by atoms with van der Waals surface area (Å²) < 4.78 is 5.03. The summed E-state index contributed by atoms with van der Waals surface area (Å²) in [5.74, 6) is 1.24. The maximum absolute atomic E-state index is 5.89. The van der Waals surface area contributed by atoms with Gasteiger partial charge in [0.15, 0.2) is 10.9 Å². The molecule has 1 aromatic carbocycles. The first-order chi connectivity index (χ1) is 17.5. The lowest BCUT2D eigenvalue weighted by Crippen LogP contribution is -2.58. The molecule has 1 saturated heterocycles. The highest BCUT2D eigenvalue weighted by Crippen LogP contribution is 2.26. The standard InChI is InChI=1S/C26H28N8OS/c1-17(2)23-16-33(24-10-9-20(31-32-24)18-14-28-25(35-3)29-15-18)12-13-34(23)26(36)30-22-8-4-7-21-19(22)6-5-11-27-21/h4-11,14-15,17,23H,12-13,16H2,1-3H3,(H,30,36). The largest absolute Gasteiger partial charge is 0.467 e. The second-order valence-electron chi connectivity index (χ2n) is 8.99. The fraction of sp³-hybridized carbons (Fsp3) is 0.308. The molecule has 0 amide bonds. The average molecular weight is 501 g/mol. The minimum Gasteiger partial charge on any atom is -0.467 e. The van der Waals surface area contributed by atoms with Crippen LogP contribution in [0.25, 0.3) is 22.2 Å². The van der Waals surface area contributed by atoms with Gasteiger partial charge in [-0.05, 0) is 54.5 Å². The predicted molar refractivity (Wildman–Crippen MR) is 145 cm³/mol. The van der Waals surface area contributed by atoms with Crippen molar-refractivity contribution in [3.63, 3.8) is 0 Å². The Hall–Kier alpha value is -3.92. The summed E-state index contributed by atoms with van der Waals surface area (Å²) in [5.41, 5.74) is 3.42. The van der Waals surface area contributed by atoms with Gasteiger partial charge in [0.2, 0.25) is 0 Å². The van der Waals surface area contributed by atoms with Crippen molar-refractivity contribution in [3.8, 4) is 17.3 Å². The zero-order chi connectivity index (χ0) is 25.1. The Kier molecular flexibility index (Phi) is 6.86. The number of pyridine rings is 1. The van der Waals surface area contributed by atoms with Crippen molar-refractivity contribution in [1.29, 1.82) is 0 Å². The molecule has 0 aliphatic carbocycles. The van der Waals surface area contributed by atoms with E-state index in [1.807, 2.05) is 36.4 Å². The topological polar surface area (TPSA) is 92.2 Å². The van der Waals surface area contributed by atoms with E-state index in [-0.39, 0.29) is 6.04 Å². The van der Waals surface area contributed by atoms with Crippen LogP contribution in [0.15, 0.2) is 61.1 Å². The van der Waals surface area contributed by atoms with Crippen molar-refractivity contribution >= 4 is 39.7 Å². The SMILES string of the molecule is COc1ncc(-c2ccc(N3CCN(C(=S)Nc4cccc5ncccc45)C(C(C)C)C3)nn2)cn1. The second kappa shape index (κ2) is 10.4. The summed E-state index contributed by atoms with van der Waals surface area (Å²) in [7, 11) is 1.54. The summed E-state index contributed by atoms with van der Waals surface area (Å²) in [5, 5.41) is 14.2. The van der Waals surface area contributed by atoms with Crippen LogP contribution in [0.5, 0.6) is 6.01 Å². The third-order valence-electron chi connectivity index (χ3n) is 6.42. The molecule has 0 bridgehead atoms. The molecule has 1 unspecified atom stereocenters. The Morgan fingerprint density at radius 2 is 1.86 bits per heavy atom. The van der Waals surface area contributed by atoms with Crippen LogP contribution in [0.3, 0.4) is 0 Å². The molecule has 1 fully saturated rings. The first kappa shape index (κ1) is 23.8. The van der Waals surface area contributed by atoms with Crippen LogP contribution < -0.4 is 15.0 Å². The molecule has 4 aromatic rings. The Morgan fingerprint density at radius 1 is 1.03 bits per heavy atom. The van der Waals surface area contributed by atoms with Crippen LogP contribution in [-0.2, 0) is 0 Å². The van der Waals surface area contributed by atoms with Crippen molar-refractivity contribution in [2.75, 3.05) is 37.0 Å². The van der Waals surface area contributed by atoms with Gasteiger partial charge in [-0.15, -0.1) is 10.2 Å². The number of hydrogen-bond acceptors (Lipinski definition) is 8. The molecule has 4 heterocycles. The van der Waals surface area contributed by atoms with Crippen LogP contribution in [0.1, 0.15) is 13.8 Å². The number of aromatic nitrogens is 5. The minimum atomic E-state index is 0.225. The Balaban J connectivity index is 1.29. The normalized spacial score (nSPS) is 15.8. The molecule has 10 heteroatoms. The molecule has 1 atom stereocenters.